The third kappa shape index (κ3) is 3.89. The zero-order chi connectivity index (χ0) is 15.5. The Balaban J connectivity index is 2.38. The van der Waals surface area contributed by atoms with E-state index in [0.29, 0.717) is 17.3 Å². The second-order valence-corrected chi connectivity index (χ2v) is 6.86. The van der Waals surface area contributed by atoms with Crippen LogP contribution in [0.4, 0.5) is 5.69 Å². The minimum Gasteiger partial charge on any atom is -0.316 e. The van der Waals surface area contributed by atoms with Crippen molar-refractivity contribution in [3.05, 3.63) is 58.1 Å². The van der Waals surface area contributed by atoms with Crippen molar-refractivity contribution in [1.29, 1.82) is 0 Å². The van der Waals surface area contributed by atoms with Crippen molar-refractivity contribution in [2.75, 3.05) is 11.8 Å². The molecule has 0 radical (unpaired) electrons. The van der Waals surface area contributed by atoms with Crippen LogP contribution in [0.15, 0.2) is 47.4 Å². The summed E-state index contributed by atoms with van der Waals surface area (Å²) >= 11 is 11.8. The Morgan fingerprint density at radius 1 is 1.10 bits per heavy atom. The number of benzene rings is 2. The standard InChI is InChI=1S/C14H14Cl2N2O2S/c1-17-9-10-4-2-3-5-13(10)18-21(19,20)14-7-6-11(15)8-12(14)16/h2-8,17-18H,9H2,1H3. The lowest BCUT2D eigenvalue weighted by atomic mass is 10.2. The minimum atomic E-state index is -3.77. The van der Waals surface area contributed by atoms with Gasteiger partial charge in [-0.2, -0.15) is 0 Å². The molecule has 0 saturated heterocycles. The van der Waals surface area contributed by atoms with Gasteiger partial charge < -0.3 is 5.32 Å². The van der Waals surface area contributed by atoms with E-state index in [1.54, 1.807) is 19.2 Å². The van der Waals surface area contributed by atoms with Crippen LogP contribution < -0.4 is 10.0 Å². The fourth-order valence-electron chi connectivity index (χ4n) is 1.86. The molecule has 0 heterocycles. The maximum atomic E-state index is 12.4. The van der Waals surface area contributed by atoms with Crippen LogP contribution >= 0.6 is 23.2 Å². The molecule has 0 aromatic heterocycles. The molecule has 0 aliphatic carbocycles. The van der Waals surface area contributed by atoms with Crippen molar-refractivity contribution in [2.24, 2.45) is 0 Å². The number of nitrogens with one attached hydrogen (secondary N) is 2. The Kier molecular flexibility index (Phi) is 5.11. The normalized spacial score (nSPS) is 11.4. The van der Waals surface area contributed by atoms with Crippen LogP contribution in [0.1, 0.15) is 5.56 Å². The van der Waals surface area contributed by atoms with Crippen LogP contribution in [0, 0.1) is 0 Å². The predicted octanol–water partition coefficient (Wildman–Crippen LogP) is 3.51. The van der Waals surface area contributed by atoms with Crippen molar-refractivity contribution in [3.63, 3.8) is 0 Å². The smallest absolute Gasteiger partial charge is 0.263 e. The van der Waals surface area contributed by atoms with Crippen molar-refractivity contribution in [2.45, 2.75) is 11.4 Å². The average Bonchev–Trinajstić information content (AvgIpc) is 2.40. The molecule has 0 saturated carbocycles. The summed E-state index contributed by atoms with van der Waals surface area (Å²) in [6.07, 6.45) is 0. The van der Waals surface area contributed by atoms with Crippen LogP contribution in [0.5, 0.6) is 0 Å². The summed E-state index contributed by atoms with van der Waals surface area (Å²) in [7, 11) is -1.98. The highest BCUT2D eigenvalue weighted by Gasteiger charge is 2.19. The van der Waals surface area contributed by atoms with E-state index < -0.39 is 10.0 Å². The largest absolute Gasteiger partial charge is 0.316 e. The SMILES string of the molecule is CNCc1ccccc1NS(=O)(=O)c1ccc(Cl)cc1Cl. The molecule has 4 nitrogen and oxygen atoms in total. The van der Waals surface area contributed by atoms with E-state index in [4.69, 9.17) is 23.2 Å². The molecule has 0 unspecified atom stereocenters. The molecule has 0 fully saturated rings. The van der Waals surface area contributed by atoms with Gasteiger partial charge in [0.25, 0.3) is 10.0 Å². The van der Waals surface area contributed by atoms with Crippen LogP contribution in [0.3, 0.4) is 0 Å². The van der Waals surface area contributed by atoms with E-state index in [-0.39, 0.29) is 9.92 Å². The number of sulfonamides is 1. The first-order valence-electron chi connectivity index (χ1n) is 6.14. The van der Waals surface area contributed by atoms with Crippen LogP contribution in [0.25, 0.3) is 0 Å². The molecule has 0 atom stereocenters. The molecular weight excluding hydrogens is 331 g/mol. The summed E-state index contributed by atoms with van der Waals surface area (Å²) < 4.78 is 27.4. The Labute approximate surface area is 134 Å². The zero-order valence-corrected chi connectivity index (χ0v) is 13.6. The molecule has 2 rings (SSSR count). The summed E-state index contributed by atoms with van der Waals surface area (Å²) in [5.41, 5.74) is 1.35. The van der Waals surface area contributed by atoms with Crippen molar-refractivity contribution >= 4 is 38.9 Å². The molecule has 0 aliphatic heterocycles. The van der Waals surface area contributed by atoms with E-state index in [0.717, 1.165) is 5.56 Å². The Morgan fingerprint density at radius 3 is 2.48 bits per heavy atom. The Morgan fingerprint density at radius 2 is 1.81 bits per heavy atom. The highest BCUT2D eigenvalue weighted by atomic mass is 35.5. The lowest BCUT2D eigenvalue weighted by molar-refractivity contribution is 0.601. The van der Waals surface area contributed by atoms with Gasteiger partial charge in [0.1, 0.15) is 4.90 Å². The number of anilines is 1. The number of rotatable bonds is 5. The number of para-hydroxylation sites is 1. The Bertz CT molecular complexity index is 748. The average molecular weight is 345 g/mol. The summed E-state index contributed by atoms with van der Waals surface area (Å²) in [5.74, 6) is 0. The van der Waals surface area contributed by atoms with E-state index in [1.807, 2.05) is 12.1 Å². The first kappa shape index (κ1) is 16.1. The molecule has 112 valence electrons. The monoisotopic (exact) mass is 344 g/mol. The highest BCUT2D eigenvalue weighted by Crippen LogP contribution is 2.27. The van der Waals surface area contributed by atoms with Gasteiger partial charge in [-0.25, -0.2) is 8.42 Å². The topological polar surface area (TPSA) is 58.2 Å². The van der Waals surface area contributed by atoms with Gasteiger partial charge >= 0.3 is 0 Å². The first-order chi connectivity index (χ1) is 9.94. The third-order valence-corrected chi connectivity index (χ3v) is 4.90. The quantitative estimate of drug-likeness (QED) is 0.872. The maximum absolute atomic E-state index is 12.4. The number of hydrogen-bond acceptors (Lipinski definition) is 3. The van der Waals surface area contributed by atoms with Gasteiger partial charge in [-0.15, -0.1) is 0 Å². The third-order valence-electron chi connectivity index (χ3n) is 2.81. The Hall–Kier alpha value is -1.27. The van der Waals surface area contributed by atoms with E-state index in [1.165, 1.54) is 18.2 Å². The molecule has 0 bridgehead atoms. The molecule has 7 heteroatoms. The zero-order valence-electron chi connectivity index (χ0n) is 11.2. The molecular formula is C14H14Cl2N2O2S. The van der Waals surface area contributed by atoms with Gasteiger partial charge in [0, 0.05) is 11.6 Å². The van der Waals surface area contributed by atoms with Gasteiger partial charge in [-0.05, 0) is 36.9 Å². The van der Waals surface area contributed by atoms with Crippen LogP contribution in [-0.4, -0.2) is 15.5 Å². The van der Waals surface area contributed by atoms with E-state index in [2.05, 4.69) is 10.0 Å². The van der Waals surface area contributed by atoms with Gasteiger partial charge in [-0.1, -0.05) is 41.4 Å². The fraction of sp³-hybridized carbons (Fsp3) is 0.143. The molecule has 0 aliphatic rings. The number of halogens is 2. The molecule has 0 spiro atoms. The minimum absolute atomic E-state index is 0.00664. The second-order valence-electron chi connectivity index (χ2n) is 4.37. The van der Waals surface area contributed by atoms with E-state index in [9.17, 15) is 8.42 Å². The highest BCUT2D eigenvalue weighted by molar-refractivity contribution is 7.92. The van der Waals surface area contributed by atoms with Crippen molar-refractivity contribution in [3.8, 4) is 0 Å². The maximum Gasteiger partial charge on any atom is 0.263 e. The van der Waals surface area contributed by atoms with Crippen molar-refractivity contribution < 1.29 is 8.42 Å². The summed E-state index contributed by atoms with van der Waals surface area (Å²) in [4.78, 5) is -0.00664. The molecule has 2 aromatic carbocycles. The molecule has 21 heavy (non-hydrogen) atoms. The van der Waals surface area contributed by atoms with Gasteiger partial charge in [0.2, 0.25) is 0 Å². The lowest BCUT2D eigenvalue weighted by Gasteiger charge is -2.13. The van der Waals surface area contributed by atoms with E-state index >= 15 is 0 Å². The molecule has 0 amide bonds. The lowest BCUT2D eigenvalue weighted by Crippen LogP contribution is -2.16. The summed E-state index contributed by atoms with van der Waals surface area (Å²) in [6, 6.07) is 11.4. The second kappa shape index (κ2) is 6.66. The van der Waals surface area contributed by atoms with Crippen molar-refractivity contribution in [1.82, 2.24) is 5.32 Å². The summed E-state index contributed by atoms with van der Waals surface area (Å²) in [5, 5.41) is 3.46. The predicted molar refractivity (Wildman–Crippen MR) is 86.5 cm³/mol. The first-order valence-corrected chi connectivity index (χ1v) is 8.38. The van der Waals surface area contributed by atoms with Crippen LogP contribution in [-0.2, 0) is 16.6 Å². The summed E-state index contributed by atoms with van der Waals surface area (Å²) in [6.45, 7) is 0.549. The van der Waals surface area contributed by atoms with Crippen LogP contribution in [0.2, 0.25) is 10.0 Å². The number of hydrogen-bond donors (Lipinski definition) is 2. The van der Waals surface area contributed by atoms with Gasteiger partial charge in [0.15, 0.2) is 0 Å². The van der Waals surface area contributed by atoms with Gasteiger partial charge in [0.05, 0.1) is 10.7 Å². The molecule has 2 N–H and O–H groups in total. The molecule has 2 aromatic rings. The fourth-order valence-corrected chi connectivity index (χ4v) is 3.73. The van der Waals surface area contributed by atoms with Gasteiger partial charge in [-0.3, -0.25) is 4.72 Å².